The fraction of sp³-hybridized carbons (Fsp3) is 0.296. The van der Waals surface area contributed by atoms with E-state index >= 15 is 0 Å². The highest BCUT2D eigenvalue weighted by Crippen LogP contribution is 2.14. The lowest BCUT2D eigenvalue weighted by molar-refractivity contribution is -0.139. The summed E-state index contributed by atoms with van der Waals surface area (Å²) in [5, 5.41) is 0. The second-order valence-electron chi connectivity index (χ2n) is 7.87. The summed E-state index contributed by atoms with van der Waals surface area (Å²) in [6.45, 7) is 5.76. The zero-order valence-corrected chi connectivity index (χ0v) is 19.5. The Balaban J connectivity index is 1.74. The third kappa shape index (κ3) is 8.77. The van der Waals surface area contributed by atoms with Gasteiger partial charge in [0.25, 0.3) is 0 Å². The predicted molar refractivity (Wildman–Crippen MR) is 130 cm³/mol. The number of benzene rings is 2. The number of ether oxygens (including phenoxy) is 2. The van der Waals surface area contributed by atoms with Crippen LogP contribution in [0.1, 0.15) is 52.5 Å². The highest BCUT2D eigenvalue weighted by atomic mass is 16.5. The molecule has 0 heterocycles. The minimum Gasteiger partial charge on any atom is -0.462 e. The third-order valence-corrected chi connectivity index (χ3v) is 4.85. The lowest BCUT2D eigenvalue weighted by Crippen LogP contribution is -2.08. The molecule has 0 unspecified atom stereocenters. The molecule has 2 aromatic rings. The lowest BCUT2D eigenvalue weighted by atomic mass is 10.1. The minimum absolute atomic E-state index is 0.0850. The number of esters is 2. The van der Waals surface area contributed by atoms with Crippen LogP contribution in [0.2, 0.25) is 0 Å². The van der Waals surface area contributed by atoms with Crippen molar-refractivity contribution >= 4 is 29.5 Å². The molecule has 0 aromatic heterocycles. The fourth-order valence-electron chi connectivity index (χ4n) is 2.84. The molecule has 33 heavy (non-hydrogen) atoms. The number of hydrogen-bond acceptors (Lipinski definition) is 6. The maximum atomic E-state index is 12.3. The van der Waals surface area contributed by atoms with Gasteiger partial charge in [0.05, 0.1) is 18.8 Å². The molecule has 2 rings (SSSR count). The molecule has 0 fully saturated rings. The van der Waals surface area contributed by atoms with Crippen LogP contribution in [0.5, 0.6) is 0 Å². The lowest BCUT2D eigenvalue weighted by Gasteiger charge is -2.11. The van der Waals surface area contributed by atoms with E-state index in [4.69, 9.17) is 9.47 Å². The summed E-state index contributed by atoms with van der Waals surface area (Å²) in [5.41, 5.74) is 3.29. The van der Waals surface area contributed by atoms with E-state index in [-0.39, 0.29) is 11.8 Å². The Kier molecular flexibility index (Phi) is 10.1. The molecule has 0 aliphatic rings. The van der Waals surface area contributed by atoms with Crippen molar-refractivity contribution in [2.24, 2.45) is 0 Å². The van der Waals surface area contributed by atoms with Crippen molar-refractivity contribution in [2.75, 3.05) is 32.2 Å². The topological polar surface area (TPSA) is 72.9 Å². The van der Waals surface area contributed by atoms with Crippen LogP contribution < -0.4 is 4.90 Å². The number of unbranched alkanes of at least 4 members (excludes halogenated alkanes) is 2. The van der Waals surface area contributed by atoms with Crippen molar-refractivity contribution in [3.05, 3.63) is 83.4 Å². The summed E-state index contributed by atoms with van der Waals surface area (Å²) in [6, 6.07) is 14.3. The summed E-state index contributed by atoms with van der Waals surface area (Å²) < 4.78 is 10.3. The first-order valence-corrected chi connectivity index (χ1v) is 10.9. The van der Waals surface area contributed by atoms with Crippen molar-refractivity contribution in [2.45, 2.75) is 26.2 Å². The summed E-state index contributed by atoms with van der Waals surface area (Å²) in [4.78, 5) is 37.7. The number of rotatable bonds is 12. The van der Waals surface area contributed by atoms with Crippen LogP contribution in [0.4, 0.5) is 5.69 Å². The van der Waals surface area contributed by atoms with E-state index in [9.17, 15) is 14.4 Å². The van der Waals surface area contributed by atoms with Gasteiger partial charge in [0.1, 0.15) is 0 Å². The highest BCUT2D eigenvalue weighted by molar-refractivity contribution is 6.07. The Morgan fingerprint density at radius 3 is 2.00 bits per heavy atom. The number of allylic oxidation sites excluding steroid dienone is 1. The largest absolute Gasteiger partial charge is 0.462 e. The smallest absolute Gasteiger partial charge is 0.338 e. The maximum Gasteiger partial charge on any atom is 0.338 e. The maximum absolute atomic E-state index is 12.3. The average molecular weight is 450 g/mol. The van der Waals surface area contributed by atoms with Gasteiger partial charge in [-0.2, -0.15) is 0 Å². The van der Waals surface area contributed by atoms with Gasteiger partial charge in [-0.3, -0.25) is 4.79 Å². The van der Waals surface area contributed by atoms with Crippen molar-refractivity contribution in [3.63, 3.8) is 0 Å². The number of ketones is 1. The van der Waals surface area contributed by atoms with Crippen molar-refractivity contribution in [3.8, 4) is 0 Å². The van der Waals surface area contributed by atoms with E-state index in [2.05, 4.69) is 6.58 Å². The van der Waals surface area contributed by atoms with Crippen LogP contribution in [0.25, 0.3) is 6.08 Å². The minimum atomic E-state index is -0.392. The first kappa shape index (κ1) is 25.6. The molecule has 0 aliphatic carbocycles. The van der Waals surface area contributed by atoms with Gasteiger partial charge in [0.2, 0.25) is 0 Å². The fourth-order valence-corrected chi connectivity index (χ4v) is 2.84. The van der Waals surface area contributed by atoms with Crippen LogP contribution in [0, 0.1) is 0 Å². The first-order valence-electron chi connectivity index (χ1n) is 10.9. The Morgan fingerprint density at radius 2 is 1.42 bits per heavy atom. The number of anilines is 1. The SMILES string of the molecule is C=C(C)C(=O)OCCCCCOC(=O)c1ccc(C=CC(=O)c2ccc(N(C)C)cc2)cc1. The molecule has 6 nitrogen and oxygen atoms in total. The quantitative estimate of drug-likeness (QED) is 0.194. The molecule has 6 heteroatoms. The summed E-state index contributed by atoms with van der Waals surface area (Å²) >= 11 is 0. The average Bonchev–Trinajstić information content (AvgIpc) is 2.81. The van der Waals surface area contributed by atoms with Crippen LogP contribution in [0.15, 0.2) is 66.8 Å². The zero-order valence-electron chi connectivity index (χ0n) is 19.5. The molecular weight excluding hydrogens is 418 g/mol. The number of carbonyl (C=O) groups is 3. The summed E-state index contributed by atoms with van der Waals surface area (Å²) in [7, 11) is 3.90. The molecule has 0 bridgehead atoms. The Labute approximate surface area is 195 Å². The van der Waals surface area contributed by atoms with Gasteiger partial charge in [0, 0.05) is 30.9 Å². The third-order valence-electron chi connectivity index (χ3n) is 4.85. The molecule has 174 valence electrons. The van der Waals surface area contributed by atoms with Gasteiger partial charge in [-0.05, 0) is 74.2 Å². The van der Waals surface area contributed by atoms with Gasteiger partial charge in [0.15, 0.2) is 5.78 Å². The van der Waals surface area contributed by atoms with Crippen LogP contribution in [0.3, 0.4) is 0 Å². The van der Waals surface area contributed by atoms with Gasteiger partial charge in [-0.15, -0.1) is 0 Å². The summed E-state index contributed by atoms with van der Waals surface area (Å²) in [6.07, 6.45) is 5.42. The van der Waals surface area contributed by atoms with Crippen molar-refractivity contribution in [1.82, 2.24) is 0 Å². The number of hydrogen-bond donors (Lipinski definition) is 0. The molecular formula is C27H31NO5. The van der Waals surface area contributed by atoms with Crippen molar-refractivity contribution in [1.29, 1.82) is 0 Å². The molecule has 0 atom stereocenters. The molecule has 0 N–H and O–H groups in total. The monoisotopic (exact) mass is 449 g/mol. The molecule has 2 aromatic carbocycles. The molecule has 0 spiro atoms. The molecule has 0 radical (unpaired) electrons. The zero-order chi connectivity index (χ0) is 24.2. The normalized spacial score (nSPS) is 10.6. The second-order valence-corrected chi connectivity index (χ2v) is 7.87. The molecule has 0 aliphatic heterocycles. The van der Waals surface area contributed by atoms with Crippen molar-refractivity contribution < 1.29 is 23.9 Å². The molecule has 0 amide bonds. The van der Waals surface area contributed by atoms with Crippen LogP contribution in [-0.4, -0.2) is 45.0 Å². The number of carbonyl (C=O) groups excluding carboxylic acids is 3. The van der Waals surface area contributed by atoms with E-state index in [0.29, 0.717) is 42.8 Å². The van der Waals surface area contributed by atoms with Gasteiger partial charge in [-0.1, -0.05) is 24.8 Å². The summed E-state index contributed by atoms with van der Waals surface area (Å²) in [5.74, 6) is -0.864. The Hall–Kier alpha value is -3.67. The van der Waals surface area contributed by atoms with Gasteiger partial charge >= 0.3 is 11.9 Å². The van der Waals surface area contributed by atoms with E-state index in [0.717, 1.165) is 17.7 Å². The van der Waals surface area contributed by atoms with E-state index in [1.54, 1.807) is 49.4 Å². The highest BCUT2D eigenvalue weighted by Gasteiger charge is 2.07. The van der Waals surface area contributed by atoms with Gasteiger partial charge in [-0.25, -0.2) is 9.59 Å². The van der Waals surface area contributed by atoms with E-state index < -0.39 is 5.97 Å². The van der Waals surface area contributed by atoms with Crippen LogP contribution >= 0.6 is 0 Å². The van der Waals surface area contributed by atoms with Gasteiger partial charge < -0.3 is 14.4 Å². The van der Waals surface area contributed by atoms with E-state index in [1.807, 2.05) is 31.1 Å². The first-order chi connectivity index (χ1) is 15.8. The molecule has 0 saturated carbocycles. The van der Waals surface area contributed by atoms with E-state index in [1.165, 1.54) is 6.08 Å². The standard InChI is InChI=1S/C27H31NO5/c1-20(2)26(30)32-18-6-5-7-19-33-27(31)23-11-8-21(9-12-23)10-17-25(29)22-13-15-24(16-14-22)28(3)4/h8-17H,1,5-7,18-19H2,2-4H3. The van der Waals surface area contributed by atoms with Crippen LogP contribution in [-0.2, 0) is 14.3 Å². The second kappa shape index (κ2) is 13.0. The Bertz CT molecular complexity index is 988. The molecule has 0 saturated heterocycles. The predicted octanol–water partition coefficient (Wildman–Crippen LogP) is 5.10. The Morgan fingerprint density at radius 1 is 0.848 bits per heavy atom. The number of nitrogens with zero attached hydrogens (tertiary/aromatic N) is 1.